The summed E-state index contributed by atoms with van der Waals surface area (Å²) in [5.74, 6) is 1.46. The molecule has 1 unspecified atom stereocenters. The Kier molecular flexibility index (Phi) is 7.08. The van der Waals surface area contributed by atoms with Gasteiger partial charge in [0.25, 0.3) is 0 Å². The van der Waals surface area contributed by atoms with Gasteiger partial charge in [0.2, 0.25) is 0 Å². The van der Waals surface area contributed by atoms with Crippen LogP contribution in [0.2, 0.25) is 0 Å². The summed E-state index contributed by atoms with van der Waals surface area (Å²) in [6, 6.07) is 10.6. The number of carbonyl (C=O) groups is 1. The van der Waals surface area contributed by atoms with Gasteiger partial charge >= 0.3 is 6.03 Å². The molecule has 0 bridgehead atoms. The van der Waals surface area contributed by atoms with E-state index in [4.69, 9.17) is 14.2 Å². The van der Waals surface area contributed by atoms with E-state index in [1.165, 1.54) is 12.1 Å². The van der Waals surface area contributed by atoms with Gasteiger partial charge in [0.05, 0.1) is 20.3 Å². The Morgan fingerprint density at radius 3 is 2.42 bits per heavy atom. The molecule has 0 fully saturated rings. The van der Waals surface area contributed by atoms with Gasteiger partial charge in [-0.05, 0) is 48.9 Å². The average Bonchev–Trinajstić information content (AvgIpc) is 2.65. The summed E-state index contributed by atoms with van der Waals surface area (Å²) in [7, 11) is 3.13. The molecule has 0 aliphatic heterocycles. The molecule has 0 aliphatic carbocycles. The number of methoxy groups -OCH3 is 2. The average molecular weight is 362 g/mol. The van der Waals surface area contributed by atoms with Gasteiger partial charge in [0, 0.05) is 6.54 Å². The number of amides is 2. The van der Waals surface area contributed by atoms with E-state index in [0.29, 0.717) is 23.8 Å². The van der Waals surface area contributed by atoms with E-state index in [1.54, 1.807) is 38.5 Å². The molecule has 0 saturated carbocycles. The van der Waals surface area contributed by atoms with E-state index < -0.39 is 0 Å². The van der Waals surface area contributed by atoms with Gasteiger partial charge in [-0.25, -0.2) is 9.18 Å². The Balaban J connectivity index is 1.76. The summed E-state index contributed by atoms with van der Waals surface area (Å²) in [4.78, 5) is 12.0. The predicted molar refractivity (Wildman–Crippen MR) is 96.3 cm³/mol. The quantitative estimate of drug-likeness (QED) is 0.757. The van der Waals surface area contributed by atoms with Crippen molar-refractivity contribution in [2.45, 2.75) is 19.5 Å². The first-order valence-electron chi connectivity index (χ1n) is 8.15. The second-order valence-electron chi connectivity index (χ2n) is 5.68. The number of nitrogens with one attached hydrogen (secondary N) is 2. The van der Waals surface area contributed by atoms with E-state index in [9.17, 15) is 9.18 Å². The topological polar surface area (TPSA) is 68.8 Å². The van der Waals surface area contributed by atoms with Gasteiger partial charge < -0.3 is 24.8 Å². The maximum absolute atomic E-state index is 12.8. The molecule has 0 spiro atoms. The van der Waals surface area contributed by atoms with Crippen LogP contribution in [0.5, 0.6) is 17.2 Å². The lowest BCUT2D eigenvalue weighted by Gasteiger charge is -2.16. The summed E-state index contributed by atoms with van der Waals surface area (Å²) in [6.07, 6.45) is 0. The number of urea groups is 1. The third kappa shape index (κ3) is 5.84. The summed E-state index contributed by atoms with van der Waals surface area (Å²) >= 11 is 0. The molecule has 0 aromatic heterocycles. The van der Waals surface area contributed by atoms with Gasteiger partial charge in [-0.3, -0.25) is 0 Å². The fourth-order valence-electron chi connectivity index (χ4n) is 2.24. The molecule has 2 aromatic carbocycles. The Morgan fingerprint density at radius 1 is 1.08 bits per heavy atom. The number of rotatable bonds is 8. The highest BCUT2D eigenvalue weighted by atomic mass is 19.1. The van der Waals surface area contributed by atoms with Crippen molar-refractivity contribution in [1.29, 1.82) is 0 Å². The highest BCUT2D eigenvalue weighted by molar-refractivity contribution is 5.74. The predicted octanol–water partition coefficient (Wildman–Crippen LogP) is 3.11. The van der Waals surface area contributed by atoms with Gasteiger partial charge in [0.15, 0.2) is 11.5 Å². The van der Waals surface area contributed by atoms with E-state index in [0.717, 1.165) is 5.56 Å². The van der Waals surface area contributed by atoms with Gasteiger partial charge in [-0.1, -0.05) is 6.07 Å². The van der Waals surface area contributed by atoms with Gasteiger partial charge in [-0.2, -0.15) is 0 Å². The van der Waals surface area contributed by atoms with Crippen molar-refractivity contribution in [3.8, 4) is 17.2 Å². The molecule has 2 rings (SSSR count). The molecule has 2 N–H and O–H groups in total. The zero-order valence-corrected chi connectivity index (χ0v) is 15.0. The lowest BCUT2D eigenvalue weighted by Crippen LogP contribution is -2.43. The van der Waals surface area contributed by atoms with Crippen LogP contribution in [-0.2, 0) is 6.54 Å². The number of benzene rings is 2. The highest BCUT2D eigenvalue weighted by Crippen LogP contribution is 2.27. The van der Waals surface area contributed by atoms with E-state index in [1.807, 2.05) is 13.0 Å². The van der Waals surface area contributed by atoms with Crippen LogP contribution in [0, 0.1) is 5.82 Å². The summed E-state index contributed by atoms with van der Waals surface area (Å²) in [5.41, 5.74) is 0.882. The third-order valence-corrected chi connectivity index (χ3v) is 3.59. The molecular weight excluding hydrogens is 339 g/mol. The molecule has 6 nitrogen and oxygen atoms in total. The van der Waals surface area contributed by atoms with E-state index in [-0.39, 0.29) is 24.5 Å². The van der Waals surface area contributed by atoms with Crippen molar-refractivity contribution < 1.29 is 23.4 Å². The third-order valence-electron chi connectivity index (χ3n) is 3.59. The SMILES string of the molecule is COc1ccc(CNC(=O)NC(C)COc2ccc(F)cc2)cc1OC. The first-order valence-corrected chi connectivity index (χ1v) is 8.15. The summed E-state index contributed by atoms with van der Waals surface area (Å²) in [5, 5.41) is 5.55. The van der Waals surface area contributed by atoms with Crippen molar-refractivity contribution >= 4 is 6.03 Å². The van der Waals surface area contributed by atoms with Crippen molar-refractivity contribution in [3.05, 3.63) is 53.8 Å². The van der Waals surface area contributed by atoms with E-state index >= 15 is 0 Å². The van der Waals surface area contributed by atoms with Crippen LogP contribution < -0.4 is 24.8 Å². The first-order chi connectivity index (χ1) is 12.5. The monoisotopic (exact) mass is 362 g/mol. The minimum absolute atomic E-state index is 0.217. The second kappa shape index (κ2) is 9.50. The van der Waals surface area contributed by atoms with Crippen LogP contribution in [0.15, 0.2) is 42.5 Å². The van der Waals surface area contributed by atoms with Gasteiger partial charge in [-0.15, -0.1) is 0 Å². The van der Waals surface area contributed by atoms with Crippen molar-refractivity contribution in [2.24, 2.45) is 0 Å². The molecule has 26 heavy (non-hydrogen) atoms. The molecule has 0 heterocycles. The van der Waals surface area contributed by atoms with Crippen LogP contribution in [0.4, 0.5) is 9.18 Å². The Bertz CT molecular complexity index is 722. The fourth-order valence-corrected chi connectivity index (χ4v) is 2.24. The lowest BCUT2D eigenvalue weighted by atomic mass is 10.2. The standard InChI is InChI=1S/C19H23FN2O4/c1-13(12-26-16-7-5-15(20)6-8-16)22-19(23)21-11-14-4-9-17(24-2)18(10-14)25-3/h4-10,13H,11-12H2,1-3H3,(H2,21,22,23). The Labute approximate surface area is 152 Å². The smallest absolute Gasteiger partial charge is 0.315 e. The van der Waals surface area contributed by atoms with Crippen molar-refractivity contribution in [1.82, 2.24) is 10.6 Å². The zero-order valence-electron chi connectivity index (χ0n) is 15.0. The molecule has 2 aromatic rings. The number of ether oxygens (including phenoxy) is 3. The molecule has 0 radical (unpaired) electrons. The van der Waals surface area contributed by atoms with Crippen molar-refractivity contribution in [3.63, 3.8) is 0 Å². The number of halogens is 1. The number of hydrogen-bond acceptors (Lipinski definition) is 4. The zero-order chi connectivity index (χ0) is 18.9. The van der Waals surface area contributed by atoms with Gasteiger partial charge in [0.1, 0.15) is 18.2 Å². The summed E-state index contributed by atoms with van der Waals surface area (Å²) in [6.45, 7) is 2.44. The maximum Gasteiger partial charge on any atom is 0.315 e. The van der Waals surface area contributed by atoms with Crippen LogP contribution >= 0.6 is 0 Å². The molecule has 0 aliphatic rings. The molecule has 140 valence electrons. The largest absolute Gasteiger partial charge is 0.493 e. The minimum Gasteiger partial charge on any atom is -0.493 e. The molecular formula is C19H23FN2O4. The maximum atomic E-state index is 12.8. The van der Waals surface area contributed by atoms with Crippen LogP contribution in [-0.4, -0.2) is 32.9 Å². The highest BCUT2D eigenvalue weighted by Gasteiger charge is 2.09. The number of hydrogen-bond donors (Lipinski definition) is 2. The van der Waals surface area contributed by atoms with Crippen LogP contribution in [0.3, 0.4) is 0 Å². The molecule has 1 atom stereocenters. The fraction of sp³-hybridized carbons (Fsp3) is 0.316. The molecule has 7 heteroatoms. The molecule has 0 saturated heterocycles. The molecule has 2 amide bonds. The first kappa shape index (κ1) is 19.4. The normalized spacial score (nSPS) is 11.4. The Morgan fingerprint density at radius 2 is 1.77 bits per heavy atom. The number of carbonyl (C=O) groups excluding carboxylic acids is 1. The van der Waals surface area contributed by atoms with E-state index in [2.05, 4.69) is 10.6 Å². The second-order valence-corrected chi connectivity index (χ2v) is 5.68. The Hall–Kier alpha value is -2.96. The minimum atomic E-state index is -0.321. The van der Waals surface area contributed by atoms with Crippen molar-refractivity contribution in [2.75, 3.05) is 20.8 Å². The van der Waals surface area contributed by atoms with Crippen LogP contribution in [0.1, 0.15) is 12.5 Å². The lowest BCUT2D eigenvalue weighted by molar-refractivity contribution is 0.226. The van der Waals surface area contributed by atoms with Crippen LogP contribution in [0.25, 0.3) is 0 Å². The summed E-state index contributed by atoms with van der Waals surface area (Å²) < 4.78 is 28.8.